The van der Waals surface area contributed by atoms with Gasteiger partial charge in [0.2, 0.25) is 11.8 Å². The Hall–Kier alpha value is -3.66. The highest BCUT2D eigenvalue weighted by atomic mass is 32.2. The summed E-state index contributed by atoms with van der Waals surface area (Å²) in [5.74, 6) is -3.89. The lowest BCUT2D eigenvalue weighted by atomic mass is 10.1. The second kappa shape index (κ2) is 9.00. The van der Waals surface area contributed by atoms with Crippen LogP contribution in [0.2, 0.25) is 0 Å². The lowest BCUT2D eigenvalue weighted by Gasteiger charge is -2.19. The minimum Gasteiger partial charge on any atom is -0.478 e. The molecular weight excluding hydrogens is 426 g/mol. The summed E-state index contributed by atoms with van der Waals surface area (Å²) in [5.41, 5.74) is -0.125. The summed E-state index contributed by atoms with van der Waals surface area (Å²) in [7, 11) is 2.32. The number of carbonyl (C=O) groups is 5. The van der Waals surface area contributed by atoms with Crippen LogP contribution in [-0.2, 0) is 19.1 Å². The predicted octanol–water partition coefficient (Wildman–Crippen LogP) is 2.38. The average Bonchev–Trinajstić information content (AvgIpc) is 3.05. The van der Waals surface area contributed by atoms with E-state index in [2.05, 4.69) is 4.74 Å². The summed E-state index contributed by atoms with van der Waals surface area (Å²) in [6.45, 7) is 0. The number of benzene rings is 2. The summed E-state index contributed by atoms with van der Waals surface area (Å²) in [6.07, 6.45) is -0.208. The Balaban J connectivity index is 2.00. The summed E-state index contributed by atoms with van der Waals surface area (Å²) < 4.78 is 9.39. The van der Waals surface area contributed by atoms with Gasteiger partial charge in [-0.25, -0.2) is 19.3 Å². The van der Waals surface area contributed by atoms with Gasteiger partial charge in [-0.05, 0) is 30.3 Å². The van der Waals surface area contributed by atoms with Gasteiger partial charge in [-0.2, -0.15) is 0 Å². The van der Waals surface area contributed by atoms with Crippen LogP contribution in [0.15, 0.2) is 47.4 Å². The van der Waals surface area contributed by atoms with Crippen molar-refractivity contribution in [2.75, 3.05) is 19.1 Å². The van der Waals surface area contributed by atoms with Gasteiger partial charge < -0.3 is 14.6 Å². The van der Waals surface area contributed by atoms with Gasteiger partial charge in [-0.1, -0.05) is 12.1 Å². The van der Waals surface area contributed by atoms with E-state index in [9.17, 15) is 29.1 Å². The first kappa shape index (κ1) is 22.0. The van der Waals surface area contributed by atoms with Crippen LogP contribution < -0.4 is 4.90 Å². The van der Waals surface area contributed by atoms with Crippen molar-refractivity contribution in [3.63, 3.8) is 0 Å². The van der Waals surface area contributed by atoms with Crippen LogP contribution >= 0.6 is 11.8 Å². The van der Waals surface area contributed by atoms with Crippen LogP contribution in [0.1, 0.15) is 37.5 Å². The molecule has 1 heterocycles. The summed E-state index contributed by atoms with van der Waals surface area (Å²) in [6, 6.07) is 9.94. The van der Waals surface area contributed by atoms with Crippen LogP contribution in [0.4, 0.5) is 5.69 Å². The Morgan fingerprint density at radius 3 is 2.32 bits per heavy atom. The molecule has 0 aromatic heterocycles. The zero-order valence-electron chi connectivity index (χ0n) is 16.5. The number of carboxylic acid groups (broad SMARTS) is 1. The normalized spacial score (nSPS) is 15.7. The number of aromatic carboxylic acids is 1. The highest BCUT2D eigenvalue weighted by molar-refractivity contribution is 8.00. The maximum Gasteiger partial charge on any atom is 0.339 e. The van der Waals surface area contributed by atoms with Crippen molar-refractivity contribution in [2.45, 2.75) is 16.6 Å². The molecule has 9 nitrogen and oxygen atoms in total. The van der Waals surface area contributed by atoms with Crippen molar-refractivity contribution in [3.05, 3.63) is 59.2 Å². The SMILES string of the molecule is COC(=O)c1ccc(C(=O)OC)c(N2C(=O)CC(Sc3ccccc3C(=O)O)C2=O)c1. The molecule has 1 saturated heterocycles. The number of esters is 2. The first-order chi connectivity index (χ1) is 14.8. The molecule has 1 fully saturated rings. The highest BCUT2D eigenvalue weighted by Gasteiger charge is 2.42. The Kier molecular flexibility index (Phi) is 6.40. The van der Waals surface area contributed by atoms with Gasteiger partial charge in [0.15, 0.2) is 0 Å². The number of carboxylic acids is 1. The topological polar surface area (TPSA) is 127 Å². The third kappa shape index (κ3) is 4.29. The molecule has 160 valence electrons. The summed E-state index contributed by atoms with van der Waals surface area (Å²) >= 11 is 0.951. The van der Waals surface area contributed by atoms with Crippen LogP contribution in [-0.4, -0.2) is 54.3 Å². The second-order valence-corrected chi connectivity index (χ2v) is 7.64. The lowest BCUT2D eigenvalue weighted by molar-refractivity contribution is -0.121. The van der Waals surface area contributed by atoms with Gasteiger partial charge in [0.25, 0.3) is 0 Å². The van der Waals surface area contributed by atoms with Crippen molar-refractivity contribution in [3.8, 4) is 0 Å². The van der Waals surface area contributed by atoms with E-state index >= 15 is 0 Å². The van der Waals surface area contributed by atoms with Gasteiger partial charge in [0.1, 0.15) is 0 Å². The average molecular weight is 443 g/mol. The van der Waals surface area contributed by atoms with Gasteiger partial charge in [-0.15, -0.1) is 11.8 Å². The quantitative estimate of drug-likeness (QED) is 0.529. The number of hydrogen-bond acceptors (Lipinski definition) is 8. The van der Waals surface area contributed by atoms with Gasteiger partial charge in [-0.3, -0.25) is 9.59 Å². The Morgan fingerprint density at radius 2 is 1.68 bits per heavy atom. The fourth-order valence-electron chi connectivity index (χ4n) is 3.09. The zero-order valence-corrected chi connectivity index (χ0v) is 17.3. The molecule has 1 atom stereocenters. The molecule has 1 aliphatic heterocycles. The number of anilines is 1. The number of nitrogens with zero attached hydrogens (tertiary/aromatic N) is 1. The van der Waals surface area contributed by atoms with Crippen molar-refractivity contribution in [1.82, 2.24) is 0 Å². The minimum absolute atomic E-state index is 0.00846. The van der Waals surface area contributed by atoms with Crippen molar-refractivity contribution in [2.24, 2.45) is 0 Å². The van der Waals surface area contributed by atoms with Crippen molar-refractivity contribution < 1.29 is 38.6 Å². The van der Waals surface area contributed by atoms with Gasteiger partial charge >= 0.3 is 17.9 Å². The second-order valence-electron chi connectivity index (χ2n) is 6.39. The van der Waals surface area contributed by atoms with E-state index in [4.69, 9.17) is 4.74 Å². The van der Waals surface area contributed by atoms with Crippen LogP contribution in [0.25, 0.3) is 0 Å². The fraction of sp³-hybridized carbons (Fsp3) is 0.190. The van der Waals surface area contributed by atoms with E-state index in [1.165, 1.54) is 31.4 Å². The predicted molar refractivity (Wildman–Crippen MR) is 109 cm³/mol. The lowest BCUT2D eigenvalue weighted by Crippen LogP contribution is -2.33. The molecular formula is C21H17NO8S. The fourth-order valence-corrected chi connectivity index (χ4v) is 4.27. The Morgan fingerprint density at radius 1 is 1.00 bits per heavy atom. The standard InChI is InChI=1S/C21H17NO8S/c1-29-20(27)11-7-8-12(21(28)30-2)14(9-11)22-17(23)10-16(18(22)24)31-15-6-4-3-5-13(15)19(25)26/h3-9,16H,10H2,1-2H3,(H,25,26). The smallest absolute Gasteiger partial charge is 0.339 e. The van der Waals surface area contributed by atoms with E-state index in [1.807, 2.05) is 0 Å². The summed E-state index contributed by atoms with van der Waals surface area (Å²) in [4.78, 5) is 62.5. The van der Waals surface area contributed by atoms with Crippen molar-refractivity contribution in [1.29, 1.82) is 0 Å². The largest absolute Gasteiger partial charge is 0.478 e. The number of hydrogen-bond donors (Lipinski definition) is 1. The number of rotatable bonds is 6. The molecule has 1 N–H and O–H groups in total. The molecule has 0 aliphatic carbocycles. The Bertz CT molecular complexity index is 1100. The molecule has 10 heteroatoms. The first-order valence-corrected chi connectivity index (χ1v) is 9.83. The third-order valence-electron chi connectivity index (χ3n) is 4.56. The molecule has 1 unspecified atom stereocenters. The number of methoxy groups -OCH3 is 2. The molecule has 3 rings (SSSR count). The van der Waals surface area contributed by atoms with Gasteiger partial charge in [0.05, 0.1) is 41.8 Å². The molecule has 1 aliphatic rings. The van der Waals surface area contributed by atoms with Crippen molar-refractivity contribution >= 4 is 47.2 Å². The molecule has 0 saturated carbocycles. The molecule has 2 amide bonds. The third-order valence-corrected chi connectivity index (χ3v) is 5.82. The number of thioether (sulfide) groups is 1. The summed E-state index contributed by atoms with van der Waals surface area (Å²) in [5, 5.41) is 8.44. The van der Waals surface area contributed by atoms with Crippen LogP contribution in [0.5, 0.6) is 0 Å². The molecule has 0 spiro atoms. The van der Waals surface area contributed by atoms with E-state index in [0.717, 1.165) is 23.8 Å². The number of amides is 2. The van der Waals surface area contributed by atoms with E-state index in [0.29, 0.717) is 4.90 Å². The molecule has 0 bridgehead atoms. The van der Waals surface area contributed by atoms with Gasteiger partial charge in [0, 0.05) is 11.3 Å². The first-order valence-electron chi connectivity index (χ1n) is 8.95. The molecule has 31 heavy (non-hydrogen) atoms. The van der Waals surface area contributed by atoms with E-state index in [1.54, 1.807) is 18.2 Å². The minimum atomic E-state index is -1.16. The molecule has 2 aromatic carbocycles. The molecule has 2 aromatic rings. The van der Waals surface area contributed by atoms with Crippen LogP contribution in [0, 0.1) is 0 Å². The highest BCUT2D eigenvalue weighted by Crippen LogP contribution is 2.37. The van der Waals surface area contributed by atoms with E-state index < -0.39 is 35.0 Å². The van der Waals surface area contributed by atoms with Crippen LogP contribution in [0.3, 0.4) is 0 Å². The number of carbonyl (C=O) groups excluding carboxylic acids is 4. The maximum absolute atomic E-state index is 13.1. The maximum atomic E-state index is 13.1. The zero-order chi connectivity index (χ0) is 22.7. The monoisotopic (exact) mass is 443 g/mol. The number of imide groups is 1. The van der Waals surface area contributed by atoms with E-state index in [-0.39, 0.29) is 28.8 Å². The number of ether oxygens (including phenoxy) is 2. The Labute approximate surface area is 180 Å². The molecule has 0 radical (unpaired) electrons.